The van der Waals surface area contributed by atoms with E-state index in [2.05, 4.69) is 34.2 Å². The summed E-state index contributed by atoms with van der Waals surface area (Å²) in [6.07, 6.45) is 5.75. The topological polar surface area (TPSA) is 114 Å². The maximum absolute atomic E-state index is 11.6. The number of benzene rings is 1. The number of hydrogen-bond acceptors (Lipinski definition) is 7. The fourth-order valence-electron chi connectivity index (χ4n) is 4.71. The third-order valence-electron chi connectivity index (χ3n) is 6.56. The van der Waals surface area contributed by atoms with Gasteiger partial charge >= 0.3 is 0 Å². The number of hydrogen-bond donors (Lipinski definition) is 2. The molecule has 8 heteroatoms. The minimum Gasteiger partial charge on any atom is -0.463 e. The number of nitrogens with zero attached hydrogens (tertiary/aromatic N) is 4. The molecule has 1 aromatic carbocycles. The zero-order chi connectivity index (χ0) is 22.9. The Labute approximate surface area is 188 Å². The summed E-state index contributed by atoms with van der Waals surface area (Å²) in [5.41, 5.74) is 8.95. The van der Waals surface area contributed by atoms with Gasteiger partial charge in [0.1, 0.15) is 18.5 Å². The zero-order valence-corrected chi connectivity index (χ0v) is 18.9. The predicted molar refractivity (Wildman–Crippen MR) is 123 cm³/mol. The number of aliphatic hydroxyl groups excluding tert-OH is 1. The number of anilines is 1. The van der Waals surface area contributed by atoms with Crippen LogP contribution in [-0.4, -0.2) is 57.4 Å². The SMILES string of the molecule is CN(CC1CCC(c2ccc(C3=Nc4c(N)ncnc4OC3(C)C)cc2)CC1)C(=O)CO. The summed E-state index contributed by atoms with van der Waals surface area (Å²) in [5.74, 6) is 1.51. The number of nitrogens with two attached hydrogens (primary N) is 1. The van der Waals surface area contributed by atoms with Gasteiger partial charge in [-0.3, -0.25) is 4.79 Å². The molecule has 2 aliphatic rings. The summed E-state index contributed by atoms with van der Waals surface area (Å²) in [5, 5.41) is 9.02. The Morgan fingerprint density at radius 1 is 1.19 bits per heavy atom. The average Bonchev–Trinajstić information content (AvgIpc) is 2.78. The molecule has 0 spiro atoms. The largest absolute Gasteiger partial charge is 0.463 e. The van der Waals surface area contributed by atoms with Crippen LogP contribution in [0.2, 0.25) is 0 Å². The molecule has 0 unspecified atom stereocenters. The lowest BCUT2D eigenvalue weighted by Gasteiger charge is -2.33. The molecule has 170 valence electrons. The number of nitrogen functional groups attached to an aromatic ring is 1. The number of rotatable bonds is 5. The van der Waals surface area contributed by atoms with Gasteiger partial charge in [-0.15, -0.1) is 0 Å². The Hall–Kier alpha value is -3.00. The number of fused-ring (bicyclic) bond motifs is 1. The van der Waals surface area contributed by atoms with Gasteiger partial charge < -0.3 is 20.5 Å². The number of ether oxygens (including phenoxy) is 1. The molecule has 2 aromatic rings. The van der Waals surface area contributed by atoms with Crippen molar-refractivity contribution in [1.29, 1.82) is 0 Å². The van der Waals surface area contributed by atoms with Crippen LogP contribution in [0.4, 0.5) is 11.5 Å². The lowest BCUT2D eigenvalue weighted by Crippen LogP contribution is -2.41. The smallest absolute Gasteiger partial charge is 0.248 e. The van der Waals surface area contributed by atoms with Crippen LogP contribution in [-0.2, 0) is 4.79 Å². The van der Waals surface area contributed by atoms with Crippen molar-refractivity contribution >= 4 is 23.1 Å². The fourth-order valence-corrected chi connectivity index (χ4v) is 4.71. The third-order valence-corrected chi connectivity index (χ3v) is 6.56. The molecule has 3 N–H and O–H groups in total. The molecule has 0 saturated heterocycles. The van der Waals surface area contributed by atoms with Crippen LogP contribution < -0.4 is 10.5 Å². The zero-order valence-electron chi connectivity index (χ0n) is 18.9. The number of carbonyl (C=O) groups excluding carboxylic acids is 1. The van der Waals surface area contributed by atoms with Crippen LogP contribution in [0.3, 0.4) is 0 Å². The van der Waals surface area contributed by atoms with Crippen LogP contribution >= 0.6 is 0 Å². The summed E-state index contributed by atoms with van der Waals surface area (Å²) in [4.78, 5) is 26.2. The monoisotopic (exact) mass is 437 g/mol. The molecule has 8 nitrogen and oxygen atoms in total. The Morgan fingerprint density at radius 3 is 2.53 bits per heavy atom. The molecule has 0 atom stereocenters. The number of carbonyl (C=O) groups is 1. The molecule has 4 rings (SSSR count). The molecular formula is C24H31N5O3. The van der Waals surface area contributed by atoms with Gasteiger partial charge in [0.05, 0.1) is 5.71 Å². The second-order valence-electron chi connectivity index (χ2n) is 9.26. The minimum atomic E-state index is -0.634. The summed E-state index contributed by atoms with van der Waals surface area (Å²) in [6, 6.07) is 8.56. The van der Waals surface area contributed by atoms with Crippen LogP contribution in [0.15, 0.2) is 35.6 Å². The molecule has 1 fully saturated rings. The second-order valence-corrected chi connectivity index (χ2v) is 9.26. The highest BCUT2D eigenvalue weighted by Gasteiger charge is 2.35. The summed E-state index contributed by atoms with van der Waals surface area (Å²) >= 11 is 0. The highest BCUT2D eigenvalue weighted by molar-refractivity contribution is 6.09. The summed E-state index contributed by atoms with van der Waals surface area (Å²) < 4.78 is 6.08. The number of aliphatic hydroxyl groups is 1. The van der Waals surface area contributed by atoms with Crippen LogP contribution in [0.5, 0.6) is 5.88 Å². The molecule has 1 aromatic heterocycles. The second kappa shape index (κ2) is 8.86. The molecule has 32 heavy (non-hydrogen) atoms. The first-order valence-electron chi connectivity index (χ1n) is 11.1. The van der Waals surface area contributed by atoms with Gasteiger partial charge in [0, 0.05) is 19.2 Å². The van der Waals surface area contributed by atoms with Crippen molar-refractivity contribution in [2.45, 2.75) is 51.0 Å². The summed E-state index contributed by atoms with van der Waals surface area (Å²) in [7, 11) is 1.76. The van der Waals surface area contributed by atoms with Gasteiger partial charge in [-0.05, 0) is 56.9 Å². The quantitative estimate of drug-likeness (QED) is 0.743. The van der Waals surface area contributed by atoms with Crippen LogP contribution in [0.1, 0.15) is 56.6 Å². The van der Waals surface area contributed by atoms with E-state index in [1.165, 1.54) is 11.9 Å². The van der Waals surface area contributed by atoms with Gasteiger partial charge in [0.15, 0.2) is 11.5 Å². The molecule has 0 bridgehead atoms. The Balaban J connectivity index is 1.45. The van der Waals surface area contributed by atoms with Crippen LogP contribution in [0.25, 0.3) is 0 Å². The van der Waals surface area contributed by atoms with E-state index in [0.717, 1.165) is 37.0 Å². The van der Waals surface area contributed by atoms with Gasteiger partial charge in [-0.1, -0.05) is 24.3 Å². The molecular weight excluding hydrogens is 406 g/mol. The van der Waals surface area contributed by atoms with E-state index < -0.39 is 12.2 Å². The Kier molecular flexibility index (Phi) is 6.15. The van der Waals surface area contributed by atoms with Crippen LogP contribution in [0, 0.1) is 5.92 Å². The van der Waals surface area contributed by atoms with E-state index in [9.17, 15) is 4.79 Å². The molecule has 2 heterocycles. The van der Waals surface area contributed by atoms with Gasteiger partial charge in [-0.25, -0.2) is 9.98 Å². The lowest BCUT2D eigenvalue weighted by molar-refractivity contribution is -0.133. The van der Waals surface area contributed by atoms with Crippen molar-refractivity contribution in [1.82, 2.24) is 14.9 Å². The predicted octanol–water partition coefficient (Wildman–Crippen LogP) is 3.08. The first-order chi connectivity index (χ1) is 15.3. The first kappa shape index (κ1) is 22.2. The van der Waals surface area contributed by atoms with Crippen molar-refractivity contribution in [3.63, 3.8) is 0 Å². The van der Waals surface area contributed by atoms with Crippen molar-refractivity contribution < 1.29 is 14.6 Å². The van der Waals surface area contributed by atoms with E-state index in [-0.39, 0.29) is 5.91 Å². The molecule has 1 aliphatic carbocycles. The lowest BCUT2D eigenvalue weighted by atomic mass is 9.78. The van der Waals surface area contributed by atoms with E-state index >= 15 is 0 Å². The van der Waals surface area contributed by atoms with Gasteiger partial charge in [0.2, 0.25) is 11.8 Å². The van der Waals surface area contributed by atoms with E-state index in [1.54, 1.807) is 11.9 Å². The fraction of sp³-hybridized carbons (Fsp3) is 0.500. The molecule has 1 aliphatic heterocycles. The van der Waals surface area contributed by atoms with Crippen molar-refractivity contribution in [2.24, 2.45) is 10.9 Å². The average molecular weight is 438 g/mol. The number of amides is 1. The van der Waals surface area contributed by atoms with Crippen molar-refractivity contribution in [3.8, 4) is 5.88 Å². The number of aliphatic imine (C=N–C) groups is 1. The van der Waals surface area contributed by atoms with E-state index in [0.29, 0.717) is 35.8 Å². The van der Waals surface area contributed by atoms with Gasteiger partial charge in [0.25, 0.3) is 0 Å². The first-order valence-corrected chi connectivity index (χ1v) is 11.1. The Bertz CT molecular complexity index is 1010. The standard InChI is InChI=1S/C24H31N5O3/c1-24(2)21(28-20-22(25)26-14-27-23(20)32-24)18-10-8-17(9-11-18)16-6-4-15(5-7-16)12-29(3)19(31)13-30/h8-11,14-16,30H,4-7,12-13H2,1-3H3,(H2,25,26,27). The maximum Gasteiger partial charge on any atom is 0.248 e. The molecule has 1 amide bonds. The highest BCUT2D eigenvalue weighted by Crippen LogP contribution is 2.40. The summed E-state index contributed by atoms with van der Waals surface area (Å²) in [6.45, 7) is 4.24. The highest BCUT2D eigenvalue weighted by atomic mass is 16.5. The number of likely N-dealkylation sites (N-methyl/N-ethyl adjacent to an activating group) is 1. The van der Waals surface area contributed by atoms with E-state index in [4.69, 9.17) is 20.6 Å². The maximum atomic E-state index is 11.6. The minimum absolute atomic E-state index is 0.212. The Morgan fingerprint density at radius 2 is 1.88 bits per heavy atom. The van der Waals surface area contributed by atoms with Gasteiger partial charge in [-0.2, -0.15) is 4.98 Å². The van der Waals surface area contributed by atoms with Crippen molar-refractivity contribution in [3.05, 3.63) is 41.7 Å². The third kappa shape index (κ3) is 4.46. The van der Waals surface area contributed by atoms with Crippen molar-refractivity contribution in [2.75, 3.05) is 25.9 Å². The van der Waals surface area contributed by atoms with E-state index in [1.807, 2.05) is 13.8 Å². The molecule has 0 radical (unpaired) electrons. The number of aromatic nitrogens is 2. The molecule has 1 saturated carbocycles. The normalized spacial score (nSPS) is 21.8.